The predicted octanol–water partition coefficient (Wildman–Crippen LogP) is 12.2. The zero-order chi connectivity index (χ0) is 32.9. The highest BCUT2D eigenvalue weighted by Crippen LogP contribution is 2.07. The number of carbonyl (C=O) groups excluding carboxylic acids is 2. The first kappa shape index (κ1) is 42.1. The van der Waals surface area contributed by atoms with Gasteiger partial charge in [-0.05, 0) is 96.8 Å². The summed E-state index contributed by atoms with van der Waals surface area (Å²) in [6.07, 6.45) is 50.6. The van der Waals surface area contributed by atoms with Gasteiger partial charge in [0.25, 0.3) is 0 Å². The van der Waals surface area contributed by atoms with E-state index in [1.54, 1.807) is 6.92 Å². The number of rotatable bonds is 30. The highest BCUT2D eigenvalue weighted by atomic mass is 16.6. The molecule has 0 rings (SSSR count). The van der Waals surface area contributed by atoms with Crippen molar-refractivity contribution in [3.05, 3.63) is 85.1 Å². The van der Waals surface area contributed by atoms with Crippen molar-refractivity contribution in [1.29, 1.82) is 0 Å². The molecule has 0 aromatic rings. The van der Waals surface area contributed by atoms with Crippen molar-refractivity contribution in [2.24, 2.45) is 0 Å². The standard InChI is InChI=1S/C41H66O4/c1-4-6-8-10-12-14-16-18-20-21-23-25-27-29-31-33-35-37-41(43)45-39(3)38-44-40(42)36-34-32-30-28-26-24-22-19-17-15-13-11-9-7-5-2/h12-15,18-20,22-23,25-26,28-29,31,39H,4-11,16-17,21,24,27,30,32-38H2,1-3H3/b14-12-,15-13-,20-18-,22-19-,25-23-,28-26-,31-29-/t39-/m0/s1. The summed E-state index contributed by atoms with van der Waals surface area (Å²) >= 11 is 0. The molecule has 1 atom stereocenters. The van der Waals surface area contributed by atoms with Crippen LogP contribution in [0.3, 0.4) is 0 Å². The van der Waals surface area contributed by atoms with Crippen LogP contribution in [0.1, 0.15) is 149 Å². The molecule has 4 nitrogen and oxygen atoms in total. The highest BCUT2D eigenvalue weighted by molar-refractivity contribution is 5.70. The summed E-state index contributed by atoms with van der Waals surface area (Å²) in [7, 11) is 0. The molecule has 0 aliphatic heterocycles. The van der Waals surface area contributed by atoms with Crippen LogP contribution in [0, 0.1) is 0 Å². The normalized spacial score (nSPS) is 13.2. The van der Waals surface area contributed by atoms with E-state index in [2.05, 4.69) is 98.9 Å². The predicted molar refractivity (Wildman–Crippen MR) is 194 cm³/mol. The Morgan fingerprint density at radius 3 is 1.24 bits per heavy atom. The molecule has 0 unspecified atom stereocenters. The highest BCUT2D eigenvalue weighted by Gasteiger charge is 2.11. The van der Waals surface area contributed by atoms with Crippen molar-refractivity contribution in [3.63, 3.8) is 0 Å². The fraction of sp³-hybridized carbons (Fsp3) is 0.610. The Labute approximate surface area is 277 Å². The summed E-state index contributed by atoms with van der Waals surface area (Å²) in [4.78, 5) is 24.1. The Bertz CT molecular complexity index is 887. The quantitative estimate of drug-likeness (QED) is 0.0454. The van der Waals surface area contributed by atoms with E-state index in [1.807, 2.05) is 0 Å². The van der Waals surface area contributed by atoms with Gasteiger partial charge in [0.05, 0.1) is 0 Å². The molecule has 0 aromatic carbocycles. The van der Waals surface area contributed by atoms with Crippen molar-refractivity contribution in [2.45, 2.75) is 155 Å². The molecule has 0 amide bonds. The second kappa shape index (κ2) is 35.6. The van der Waals surface area contributed by atoms with Gasteiger partial charge in [-0.2, -0.15) is 0 Å². The number of ether oxygens (including phenoxy) is 2. The van der Waals surface area contributed by atoms with Crippen molar-refractivity contribution >= 4 is 11.9 Å². The lowest BCUT2D eigenvalue weighted by Gasteiger charge is -2.13. The Kier molecular flexibility index (Phi) is 33.3. The van der Waals surface area contributed by atoms with Crippen LogP contribution in [0.15, 0.2) is 85.1 Å². The van der Waals surface area contributed by atoms with Crippen LogP contribution in [0.4, 0.5) is 0 Å². The number of allylic oxidation sites excluding steroid dienone is 14. The zero-order valence-electron chi connectivity index (χ0n) is 29.1. The monoisotopic (exact) mass is 622 g/mol. The molecule has 0 aromatic heterocycles. The molecule has 0 saturated heterocycles. The third kappa shape index (κ3) is 35.5. The van der Waals surface area contributed by atoms with Gasteiger partial charge < -0.3 is 9.47 Å². The molecule has 0 saturated carbocycles. The largest absolute Gasteiger partial charge is 0.462 e. The second-order valence-corrected chi connectivity index (χ2v) is 11.6. The van der Waals surface area contributed by atoms with Gasteiger partial charge in [0.1, 0.15) is 12.7 Å². The molecule has 0 N–H and O–H groups in total. The van der Waals surface area contributed by atoms with E-state index < -0.39 is 6.10 Å². The van der Waals surface area contributed by atoms with Gasteiger partial charge in [0.15, 0.2) is 0 Å². The third-order valence-electron chi connectivity index (χ3n) is 7.04. The van der Waals surface area contributed by atoms with Gasteiger partial charge in [-0.1, -0.05) is 125 Å². The lowest BCUT2D eigenvalue weighted by atomic mass is 10.1. The molecular formula is C41H66O4. The minimum Gasteiger partial charge on any atom is -0.462 e. The minimum absolute atomic E-state index is 0.113. The second-order valence-electron chi connectivity index (χ2n) is 11.6. The lowest BCUT2D eigenvalue weighted by molar-refractivity contribution is -0.158. The Hall–Kier alpha value is -2.88. The number of hydrogen-bond donors (Lipinski definition) is 0. The summed E-state index contributed by atoms with van der Waals surface area (Å²) < 4.78 is 10.7. The summed E-state index contributed by atoms with van der Waals surface area (Å²) in [5, 5.41) is 0. The van der Waals surface area contributed by atoms with Crippen molar-refractivity contribution in [1.82, 2.24) is 0 Å². The smallest absolute Gasteiger partial charge is 0.306 e. The fourth-order valence-electron chi connectivity index (χ4n) is 4.35. The van der Waals surface area contributed by atoms with E-state index in [0.717, 1.165) is 64.2 Å². The van der Waals surface area contributed by atoms with Gasteiger partial charge in [-0.3, -0.25) is 9.59 Å². The van der Waals surface area contributed by atoms with Crippen LogP contribution in [-0.2, 0) is 19.1 Å². The van der Waals surface area contributed by atoms with E-state index in [0.29, 0.717) is 12.8 Å². The first-order valence-electron chi connectivity index (χ1n) is 18.0. The fourth-order valence-corrected chi connectivity index (χ4v) is 4.35. The molecule has 0 fully saturated rings. The van der Waals surface area contributed by atoms with Crippen LogP contribution >= 0.6 is 0 Å². The maximum absolute atomic E-state index is 12.1. The van der Waals surface area contributed by atoms with Gasteiger partial charge in [0.2, 0.25) is 0 Å². The summed E-state index contributed by atoms with van der Waals surface area (Å²) in [6.45, 7) is 6.34. The number of carbonyl (C=O) groups is 2. The Balaban J connectivity index is 3.67. The van der Waals surface area contributed by atoms with Crippen molar-refractivity contribution in [3.8, 4) is 0 Å². The summed E-state index contributed by atoms with van der Waals surface area (Å²) in [6, 6.07) is 0. The minimum atomic E-state index is -0.425. The van der Waals surface area contributed by atoms with E-state index >= 15 is 0 Å². The Morgan fingerprint density at radius 2 is 0.822 bits per heavy atom. The topological polar surface area (TPSA) is 52.6 Å². The molecule has 45 heavy (non-hydrogen) atoms. The molecule has 0 radical (unpaired) electrons. The molecule has 0 spiro atoms. The third-order valence-corrected chi connectivity index (χ3v) is 7.04. The molecule has 0 bridgehead atoms. The first-order chi connectivity index (χ1) is 22.1. The zero-order valence-corrected chi connectivity index (χ0v) is 29.1. The molecular weight excluding hydrogens is 556 g/mol. The van der Waals surface area contributed by atoms with Gasteiger partial charge in [-0.25, -0.2) is 0 Å². The average Bonchev–Trinajstić information content (AvgIpc) is 3.03. The molecule has 0 heterocycles. The Morgan fingerprint density at radius 1 is 0.467 bits per heavy atom. The molecule has 4 heteroatoms. The SMILES string of the molecule is CCCCC/C=C\C/C=C\C/C=C\C/C=C\CCCC(=O)O[C@@H](C)COC(=O)CCCC/C=C\C/C=C\C/C=C\CCCCC. The number of hydrogen-bond acceptors (Lipinski definition) is 4. The van der Waals surface area contributed by atoms with E-state index in [9.17, 15) is 9.59 Å². The van der Waals surface area contributed by atoms with Crippen LogP contribution in [-0.4, -0.2) is 24.6 Å². The maximum Gasteiger partial charge on any atom is 0.306 e. The molecule has 0 aliphatic rings. The summed E-state index contributed by atoms with van der Waals surface area (Å²) in [5.41, 5.74) is 0. The van der Waals surface area contributed by atoms with Crippen LogP contribution in [0.25, 0.3) is 0 Å². The number of esters is 2. The number of unbranched alkanes of at least 4 members (excludes halogenated alkanes) is 9. The van der Waals surface area contributed by atoms with Crippen LogP contribution in [0.5, 0.6) is 0 Å². The molecule has 0 aliphatic carbocycles. The van der Waals surface area contributed by atoms with Gasteiger partial charge in [0, 0.05) is 12.8 Å². The van der Waals surface area contributed by atoms with Crippen LogP contribution < -0.4 is 0 Å². The van der Waals surface area contributed by atoms with E-state index in [1.165, 1.54) is 51.4 Å². The maximum atomic E-state index is 12.1. The van der Waals surface area contributed by atoms with Gasteiger partial charge in [-0.15, -0.1) is 0 Å². The van der Waals surface area contributed by atoms with Crippen molar-refractivity contribution < 1.29 is 19.1 Å². The summed E-state index contributed by atoms with van der Waals surface area (Å²) in [5.74, 6) is -0.469. The van der Waals surface area contributed by atoms with Crippen molar-refractivity contribution in [2.75, 3.05) is 6.61 Å². The van der Waals surface area contributed by atoms with Crippen LogP contribution in [0.2, 0.25) is 0 Å². The molecule has 254 valence electrons. The van der Waals surface area contributed by atoms with E-state index in [4.69, 9.17) is 9.47 Å². The lowest BCUT2D eigenvalue weighted by Crippen LogP contribution is -2.22. The first-order valence-corrected chi connectivity index (χ1v) is 18.0. The van der Waals surface area contributed by atoms with E-state index in [-0.39, 0.29) is 18.5 Å². The van der Waals surface area contributed by atoms with Gasteiger partial charge >= 0.3 is 11.9 Å². The average molecular weight is 623 g/mol.